The monoisotopic (exact) mass is 466 g/mol. The number of morpholine rings is 1. The van der Waals surface area contributed by atoms with Crippen molar-refractivity contribution in [1.29, 1.82) is 0 Å². The van der Waals surface area contributed by atoms with E-state index >= 15 is 0 Å². The van der Waals surface area contributed by atoms with Crippen molar-refractivity contribution in [1.82, 2.24) is 19.7 Å². The van der Waals surface area contributed by atoms with Gasteiger partial charge < -0.3 is 24.9 Å². The number of nitrogens with one attached hydrogen (secondary N) is 1. The highest BCUT2D eigenvalue weighted by Gasteiger charge is 2.31. The van der Waals surface area contributed by atoms with Gasteiger partial charge in [-0.2, -0.15) is 5.10 Å². The molecule has 0 saturated carbocycles. The molecule has 2 aromatic heterocycles. The number of aromatic nitrogens is 3. The average Bonchev–Trinajstić information content (AvgIpc) is 3.42. The fourth-order valence-corrected chi connectivity index (χ4v) is 4.56. The summed E-state index contributed by atoms with van der Waals surface area (Å²) in [5.41, 5.74) is 2.69. The lowest BCUT2D eigenvalue weighted by Crippen LogP contribution is -2.37. The summed E-state index contributed by atoms with van der Waals surface area (Å²) in [6.07, 6.45) is 5.50. The van der Waals surface area contributed by atoms with Crippen molar-refractivity contribution >= 4 is 22.9 Å². The van der Waals surface area contributed by atoms with Crippen LogP contribution in [0.1, 0.15) is 43.1 Å². The number of ether oxygens (including phenoxy) is 1. The van der Waals surface area contributed by atoms with E-state index in [0.717, 1.165) is 30.1 Å². The Morgan fingerprint density at radius 1 is 1.29 bits per heavy atom. The first-order valence-electron chi connectivity index (χ1n) is 11.5. The molecule has 0 radical (unpaired) electrons. The number of nitrogens with zero attached hydrogens (tertiary/aromatic N) is 5. The minimum atomic E-state index is -0.794. The lowest BCUT2D eigenvalue weighted by atomic mass is 10.00. The molecule has 0 spiro atoms. The third-order valence-electron chi connectivity index (χ3n) is 6.13. The van der Waals surface area contributed by atoms with E-state index in [1.807, 2.05) is 24.1 Å². The number of hydroxylamine groups is 2. The Morgan fingerprint density at radius 3 is 2.85 bits per heavy atom. The van der Waals surface area contributed by atoms with Gasteiger partial charge in [0.25, 0.3) is 5.91 Å². The largest absolute Gasteiger partial charge is 0.405 e. The SMILES string of the molecule is C[C@H](CC(C)(C)O)N1Cc2cc(NC(=O)c3cnn4cccnc34)c(N3CCOCC3)cc2O1. The van der Waals surface area contributed by atoms with E-state index in [9.17, 15) is 9.90 Å². The third kappa shape index (κ3) is 4.56. The molecule has 34 heavy (non-hydrogen) atoms. The summed E-state index contributed by atoms with van der Waals surface area (Å²) in [5, 5.41) is 19.4. The molecule has 2 N–H and O–H groups in total. The minimum Gasteiger partial charge on any atom is -0.405 e. The van der Waals surface area contributed by atoms with Gasteiger partial charge in [0.2, 0.25) is 0 Å². The van der Waals surface area contributed by atoms with Crippen LogP contribution in [-0.2, 0) is 11.3 Å². The van der Waals surface area contributed by atoms with Gasteiger partial charge in [-0.3, -0.25) is 4.79 Å². The summed E-state index contributed by atoms with van der Waals surface area (Å²) in [6, 6.07) is 5.75. The van der Waals surface area contributed by atoms with Crippen molar-refractivity contribution in [3.05, 3.63) is 47.9 Å². The predicted molar refractivity (Wildman–Crippen MR) is 127 cm³/mol. The van der Waals surface area contributed by atoms with Crippen molar-refractivity contribution in [3.8, 4) is 5.75 Å². The summed E-state index contributed by atoms with van der Waals surface area (Å²) in [4.78, 5) is 25.9. The Bertz CT molecular complexity index is 1200. The van der Waals surface area contributed by atoms with Crippen LogP contribution < -0.4 is 15.1 Å². The van der Waals surface area contributed by atoms with Crippen LogP contribution in [0.15, 0.2) is 36.8 Å². The second-order valence-electron chi connectivity index (χ2n) is 9.51. The predicted octanol–water partition coefficient (Wildman–Crippen LogP) is 2.48. The number of benzene rings is 1. The molecule has 5 rings (SSSR count). The average molecular weight is 467 g/mol. The van der Waals surface area contributed by atoms with E-state index in [-0.39, 0.29) is 11.9 Å². The molecule has 0 unspecified atom stereocenters. The van der Waals surface area contributed by atoms with E-state index < -0.39 is 5.60 Å². The maximum atomic E-state index is 13.2. The summed E-state index contributed by atoms with van der Waals surface area (Å²) in [6.45, 7) is 8.89. The molecule has 180 valence electrons. The molecule has 2 aliphatic heterocycles. The standard InChI is InChI=1S/C24H30N6O4/c1-16(13-24(2,3)32)30-15-17-11-19(20(12-21(17)34-30)28-7-9-33-10-8-28)27-23(31)18-14-26-29-6-4-5-25-22(18)29/h4-6,11-12,14,16,32H,7-10,13,15H2,1-3H3,(H,27,31)/t16-/m1/s1. The number of rotatable bonds is 6. The first kappa shape index (κ1) is 22.6. The van der Waals surface area contributed by atoms with E-state index in [2.05, 4.69) is 20.3 Å². The Labute approximate surface area is 198 Å². The molecule has 3 aromatic rings. The van der Waals surface area contributed by atoms with Gasteiger partial charge in [-0.05, 0) is 39.3 Å². The third-order valence-corrected chi connectivity index (χ3v) is 6.13. The number of fused-ring (bicyclic) bond motifs is 2. The molecular formula is C24H30N6O4. The molecule has 4 heterocycles. The molecule has 10 nitrogen and oxygen atoms in total. The van der Waals surface area contributed by atoms with Gasteiger partial charge in [-0.25, -0.2) is 9.50 Å². The topological polar surface area (TPSA) is 104 Å². The van der Waals surface area contributed by atoms with Gasteiger partial charge in [0.1, 0.15) is 5.56 Å². The van der Waals surface area contributed by atoms with E-state index in [1.165, 1.54) is 6.20 Å². The lowest BCUT2D eigenvalue weighted by Gasteiger charge is -2.31. The van der Waals surface area contributed by atoms with Crippen molar-refractivity contribution in [2.45, 2.75) is 45.4 Å². The number of carbonyl (C=O) groups is 1. The van der Waals surface area contributed by atoms with Gasteiger partial charge in [-0.15, -0.1) is 5.06 Å². The maximum absolute atomic E-state index is 13.2. The van der Waals surface area contributed by atoms with Gasteiger partial charge in [0.05, 0.1) is 42.9 Å². The number of hydrogen-bond acceptors (Lipinski definition) is 8. The number of hydrogen-bond donors (Lipinski definition) is 2. The van der Waals surface area contributed by atoms with Gasteiger partial charge in [0, 0.05) is 43.2 Å². The highest BCUT2D eigenvalue weighted by atomic mass is 16.7. The number of amides is 1. The normalized spacial score (nSPS) is 17.5. The van der Waals surface area contributed by atoms with Crippen LogP contribution in [0.4, 0.5) is 11.4 Å². The van der Waals surface area contributed by atoms with E-state index in [0.29, 0.717) is 43.1 Å². The molecule has 0 bridgehead atoms. The van der Waals surface area contributed by atoms with Crippen LogP contribution in [0.5, 0.6) is 5.75 Å². The Kier molecular flexibility index (Phi) is 5.88. The van der Waals surface area contributed by atoms with Gasteiger partial charge >= 0.3 is 0 Å². The molecule has 1 aromatic carbocycles. The molecule has 1 amide bonds. The van der Waals surface area contributed by atoms with E-state index in [4.69, 9.17) is 9.57 Å². The fraction of sp³-hybridized carbons (Fsp3) is 0.458. The molecule has 1 atom stereocenters. The molecule has 10 heteroatoms. The second kappa shape index (κ2) is 8.86. The smallest absolute Gasteiger partial charge is 0.261 e. The molecule has 1 fully saturated rings. The number of carbonyl (C=O) groups excluding carboxylic acids is 1. The first-order chi connectivity index (χ1) is 16.3. The quantitative estimate of drug-likeness (QED) is 0.571. The molecular weight excluding hydrogens is 436 g/mol. The Morgan fingerprint density at radius 2 is 2.09 bits per heavy atom. The van der Waals surface area contributed by atoms with Crippen LogP contribution in [0.3, 0.4) is 0 Å². The van der Waals surface area contributed by atoms with Gasteiger partial charge in [-0.1, -0.05) is 0 Å². The zero-order valence-electron chi connectivity index (χ0n) is 19.7. The van der Waals surface area contributed by atoms with Crippen molar-refractivity contribution in [2.75, 3.05) is 36.5 Å². The fourth-order valence-electron chi connectivity index (χ4n) is 4.56. The second-order valence-corrected chi connectivity index (χ2v) is 9.51. The Balaban J connectivity index is 1.44. The zero-order valence-corrected chi connectivity index (χ0v) is 19.7. The zero-order chi connectivity index (χ0) is 23.9. The van der Waals surface area contributed by atoms with Crippen molar-refractivity contribution in [3.63, 3.8) is 0 Å². The highest BCUT2D eigenvalue weighted by molar-refractivity contribution is 6.09. The van der Waals surface area contributed by atoms with Crippen molar-refractivity contribution in [2.24, 2.45) is 0 Å². The van der Waals surface area contributed by atoms with E-state index in [1.54, 1.807) is 36.8 Å². The summed E-state index contributed by atoms with van der Waals surface area (Å²) in [5.74, 6) is 0.495. The molecule has 0 aliphatic carbocycles. The van der Waals surface area contributed by atoms with Crippen molar-refractivity contribution < 1.29 is 19.5 Å². The van der Waals surface area contributed by atoms with Crippen LogP contribution in [0, 0.1) is 0 Å². The van der Waals surface area contributed by atoms with Crippen LogP contribution >= 0.6 is 0 Å². The molecule has 2 aliphatic rings. The van der Waals surface area contributed by atoms with Crippen LogP contribution in [0.2, 0.25) is 0 Å². The van der Waals surface area contributed by atoms with Crippen LogP contribution in [-0.4, -0.2) is 68.6 Å². The van der Waals surface area contributed by atoms with Gasteiger partial charge in [0.15, 0.2) is 11.4 Å². The van der Waals surface area contributed by atoms with Crippen LogP contribution in [0.25, 0.3) is 5.65 Å². The number of aliphatic hydroxyl groups is 1. The first-order valence-corrected chi connectivity index (χ1v) is 11.5. The number of anilines is 2. The summed E-state index contributed by atoms with van der Waals surface area (Å²) in [7, 11) is 0. The summed E-state index contributed by atoms with van der Waals surface area (Å²) < 4.78 is 7.10. The summed E-state index contributed by atoms with van der Waals surface area (Å²) >= 11 is 0. The lowest BCUT2D eigenvalue weighted by molar-refractivity contribution is -0.0970. The Hall–Kier alpha value is -3.21. The minimum absolute atomic E-state index is 0.0159. The maximum Gasteiger partial charge on any atom is 0.261 e. The molecule has 1 saturated heterocycles. The highest BCUT2D eigenvalue weighted by Crippen LogP contribution is 2.40.